The lowest BCUT2D eigenvalue weighted by atomic mass is 10.1. The molecule has 1 heterocycles. The molecule has 0 spiro atoms. The summed E-state index contributed by atoms with van der Waals surface area (Å²) in [7, 11) is 1.84. The van der Waals surface area contributed by atoms with Gasteiger partial charge in [-0.1, -0.05) is 13.0 Å². The number of aromatic nitrogens is 2. The molecule has 0 aliphatic heterocycles. The van der Waals surface area contributed by atoms with Gasteiger partial charge in [0.1, 0.15) is 5.82 Å². The third-order valence-electron chi connectivity index (χ3n) is 3.50. The lowest BCUT2D eigenvalue weighted by molar-refractivity contribution is 0.240. The Hall–Kier alpha value is -2.41. The summed E-state index contributed by atoms with van der Waals surface area (Å²) in [6.07, 6.45) is 2.69. The maximum absolute atomic E-state index is 13.3. The SMILES string of the molecule is CCc1nn(C)cc1CNC(=O)NCc1ccc(F)c(CO)c1. The quantitative estimate of drug-likeness (QED) is 0.756. The number of hydrogen-bond acceptors (Lipinski definition) is 3. The van der Waals surface area contributed by atoms with Crippen LogP contribution in [0.25, 0.3) is 0 Å². The number of hydrogen-bond donors (Lipinski definition) is 3. The first-order valence-electron chi connectivity index (χ1n) is 7.44. The zero-order valence-corrected chi connectivity index (χ0v) is 13.3. The van der Waals surface area contributed by atoms with Crippen molar-refractivity contribution >= 4 is 6.03 Å². The molecule has 0 saturated carbocycles. The van der Waals surface area contributed by atoms with Gasteiger partial charge >= 0.3 is 6.03 Å². The lowest BCUT2D eigenvalue weighted by Gasteiger charge is -2.09. The molecule has 0 fully saturated rings. The van der Waals surface area contributed by atoms with Gasteiger partial charge in [0.2, 0.25) is 0 Å². The number of urea groups is 1. The minimum absolute atomic E-state index is 0.215. The fraction of sp³-hybridized carbons (Fsp3) is 0.375. The number of carbonyl (C=O) groups is 1. The van der Waals surface area contributed by atoms with E-state index < -0.39 is 5.82 Å². The van der Waals surface area contributed by atoms with Gasteiger partial charge in [0.15, 0.2) is 0 Å². The van der Waals surface area contributed by atoms with Crippen LogP contribution in [-0.2, 0) is 33.2 Å². The zero-order valence-electron chi connectivity index (χ0n) is 13.3. The average Bonchev–Trinajstić information content (AvgIpc) is 2.92. The number of rotatable bonds is 6. The zero-order chi connectivity index (χ0) is 16.8. The Morgan fingerprint density at radius 2 is 2.04 bits per heavy atom. The first-order chi connectivity index (χ1) is 11.0. The minimum atomic E-state index is -0.454. The van der Waals surface area contributed by atoms with Gasteiger partial charge in [-0.05, 0) is 24.1 Å². The molecular formula is C16H21FN4O2. The number of benzene rings is 1. The van der Waals surface area contributed by atoms with Crippen LogP contribution in [0.3, 0.4) is 0 Å². The minimum Gasteiger partial charge on any atom is -0.392 e. The van der Waals surface area contributed by atoms with Crippen LogP contribution in [0.2, 0.25) is 0 Å². The molecule has 0 bridgehead atoms. The Kier molecular flexibility index (Phi) is 5.70. The van der Waals surface area contributed by atoms with Crippen molar-refractivity contribution in [2.45, 2.75) is 33.0 Å². The Bertz CT molecular complexity index is 685. The maximum atomic E-state index is 13.3. The summed E-state index contributed by atoms with van der Waals surface area (Å²) in [5.74, 6) is -0.454. The standard InChI is InChI=1S/C16H21FN4O2/c1-3-15-13(9-21(2)20-15)8-19-16(23)18-7-11-4-5-14(17)12(6-11)10-22/h4-6,9,22H,3,7-8,10H2,1-2H3,(H2,18,19,23). The highest BCUT2D eigenvalue weighted by molar-refractivity contribution is 5.73. The smallest absolute Gasteiger partial charge is 0.315 e. The van der Waals surface area contributed by atoms with E-state index >= 15 is 0 Å². The number of nitrogens with one attached hydrogen (secondary N) is 2. The molecule has 0 aliphatic carbocycles. The third kappa shape index (κ3) is 4.53. The number of carbonyl (C=O) groups excluding carboxylic acids is 1. The molecule has 3 N–H and O–H groups in total. The van der Waals surface area contributed by atoms with Gasteiger partial charge in [-0.25, -0.2) is 9.18 Å². The van der Waals surface area contributed by atoms with Crippen LogP contribution >= 0.6 is 0 Å². The predicted octanol–water partition coefficient (Wildman–Crippen LogP) is 1.61. The molecule has 0 atom stereocenters. The highest BCUT2D eigenvalue weighted by Crippen LogP contribution is 2.10. The summed E-state index contributed by atoms with van der Waals surface area (Å²) < 4.78 is 15.0. The topological polar surface area (TPSA) is 79.2 Å². The van der Waals surface area contributed by atoms with E-state index in [4.69, 9.17) is 5.11 Å². The molecule has 0 radical (unpaired) electrons. The maximum Gasteiger partial charge on any atom is 0.315 e. The molecule has 2 rings (SSSR count). The van der Waals surface area contributed by atoms with Crippen molar-refractivity contribution in [2.24, 2.45) is 7.05 Å². The van der Waals surface area contributed by atoms with Gasteiger partial charge in [0.25, 0.3) is 0 Å². The van der Waals surface area contributed by atoms with Gasteiger partial charge in [-0.15, -0.1) is 0 Å². The molecule has 0 saturated heterocycles. The molecule has 1 aromatic carbocycles. The molecule has 2 aromatic rings. The normalized spacial score (nSPS) is 10.6. The first kappa shape index (κ1) is 17.0. The highest BCUT2D eigenvalue weighted by Gasteiger charge is 2.08. The fourth-order valence-corrected chi connectivity index (χ4v) is 2.31. The lowest BCUT2D eigenvalue weighted by Crippen LogP contribution is -2.34. The summed E-state index contributed by atoms with van der Waals surface area (Å²) in [4.78, 5) is 11.8. The monoisotopic (exact) mass is 320 g/mol. The molecular weight excluding hydrogens is 299 g/mol. The number of aryl methyl sites for hydroxylation is 2. The van der Waals surface area contributed by atoms with Gasteiger partial charge in [-0.2, -0.15) is 5.10 Å². The van der Waals surface area contributed by atoms with E-state index in [1.807, 2.05) is 20.2 Å². The number of halogens is 1. The summed E-state index contributed by atoms with van der Waals surface area (Å²) in [6, 6.07) is 4.08. The van der Waals surface area contributed by atoms with Gasteiger partial charge < -0.3 is 15.7 Å². The largest absolute Gasteiger partial charge is 0.392 e. The van der Waals surface area contributed by atoms with Crippen molar-refractivity contribution in [2.75, 3.05) is 0 Å². The van der Waals surface area contributed by atoms with Crippen LogP contribution in [0.15, 0.2) is 24.4 Å². The summed E-state index contributed by atoms with van der Waals surface area (Å²) in [5, 5.41) is 18.8. The van der Waals surface area contributed by atoms with E-state index in [2.05, 4.69) is 15.7 Å². The van der Waals surface area contributed by atoms with Crippen LogP contribution in [0, 0.1) is 5.82 Å². The van der Waals surface area contributed by atoms with Crippen molar-refractivity contribution in [3.05, 3.63) is 52.6 Å². The van der Waals surface area contributed by atoms with Crippen molar-refractivity contribution in [3.63, 3.8) is 0 Å². The Morgan fingerprint density at radius 1 is 1.30 bits per heavy atom. The molecule has 1 aromatic heterocycles. The molecule has 124 valence electrons. The van der Waals surface area contributed by atoms with Crippen LogP contribution in [0.4, 0.5) is 9.18 Å². The predicted molar refractivity (Wildman–Crippen MR) is 84.0 cm³/mol. The highest BCUT2D eigenvalue weighted by atomic mass is 19.1. The second-order valence-electron chi connectivity index (χ2n) is 5.25. The summed E-state index contributed by atoms with van der Waals surface area (Å²) in [6.45, 7) is 2.30. The summed E-state index contributed by atoms with van der Waals surface area (Å²) in [5.41, 5.74) is 2.88. The second-order valence-corrected chi connectivity index (χ2v) is 5.25. The van der Waals surface area contributed by atoms with Crippen LogP contribution < -0.4 is 10.6 Å². The van der Waals surface area contributed by atoms with Gasteiger partial charge in [-0.3, -0.25) is 4.68 Å². The Labute approximate surface area is 134 Å². The van der Waals surface area contributed by atoms with E-state index in [9.17, 15) is 9.18 Å². The van der Waals surface area contributed by atoms with Crippen LogP contribution in [0.5, 0.6) is 0 Å². The average molecular weight is 320 g/mol. The van der Waals surface area contributed by atoms with Gasteiger partial charge in [0.05, 0.1) is 12.3 Å². The molecule has 2 amide bonds. The van der Waals surface area contributed by atoms with Crippen LogP contribution in [0.1, 0.15) is 29.3 Å². The second kappa shape index (κ2) is 7.73. The third-order valence-corrected chi connectivity index (χ3v) is 3.50. The van der Waals surface area contributed by atoms with Crippen molar-refractivity contribution < 1.29 is 14.3 Å². The Balaban J connectivity index is 1.85. The van der Waals surface area contributed by atoms with E-state index in [-0.39, 0.29) is 24.7 Å². The van der Waals surface area contributed by atoms with E-state index in [1.165, 1.54) is 12.1 Å². The molecule has 0 unspecified atom stereocenters. The number of nitrogens with zero attached hydrogens (tertiary/aromatic N) is 2. The number of amides is 2. The van der Waals surface area contributed by atoms with Crippen molar-refractivity contribution in [1.82, 2.24) is 20.4 Å². The van der Waals surface area contributed by atoms with E-state index in [1.54, 1.807) is 10.7 Å². The molecule has 7 heteroatoms. The molecule has 23 heavy (non-hydrogen) atoms. The fourth-order valence-electron chi connectivity index (χ4n) is 2.31. The molecule has 6 nitrogen and oxygen atoms in total. The first-order valence-corrected chi connectivity index (χ1v) is 7.44. The van der Waals surface area contributed by atoms with E-state index in [0.29, 0.717) is 6.54 Å². The molecule has 0 aliphatic rings. The number of aliphatic hydroxyl groups excluding tert-OH is 1. The van der Waals surface area contributed by atoms with Gasteiger partial charge in [0, 0.05) is 37.5 Å². The Morgan fingerprint density at radius 3 is 2.74 bits per heavy atom. The van der Waals surface area contributed by atoms with Crippen molar-refractivity contribution in [1.29, 1.82) is 0 Å². The van der Waals surface area contributed by atoms with Crippen molar-refractivity contribution in [3.8, 4) is 0 Å². The van der Waals surface area contributed by atoms with Crippen LogP contribution in [-0.4, -0.2) is 20.9 Å². The number of aliphatic hydroxyl groups is 1. The van der Waals surface area contributed by atoms with E-state index in [0.717, 1.165) is 23.2 Å². The summed E-state index contributed by atoms with van der Waals surface area (Å²) >= 11 is 0.